The van der Waals surface area contributed by atoms with Crippen LogP contribution in [0.25, 0.3) is 0 Å². The van der Waals surface area contributed by atoms with Crippen LogP contribution in [0.3, 0.4) is 0 Å². The lowest BCUT2D eigenvalue weighted by atomic mass is 9.95. The van der Waals surface area contributed by atoms with E-state index >= 15 is 0 Å². The van der Waals surface area contributed by atoms with Crippen molar-refractivity contribution in [1.29, 1.82) is 0 Å². The van der Waals surface area contributed by atoms with Crippen molar-refractivity contribution >= 4 is 0 Å². The van der Waals surface area contributed by atoms with Gasteiger partial charge in [-0.3, -0.25) is 0 Å². The minimum atomic E-state index is 0.201. The van der Waals surface area contributed by atoms with E-state index < -0.39 is 0 Å². The fourth-order valence-electron chi connectivity index (χ4n) is 2.69. The lowest BCUT2D eigenvalue weighted by Crippen LogP contribution is -2.29. The van der Waals surface area contributed by atoms with Crippen molar-refractivity contribution in [3.05, 3.63) is 29.8 Å². The van der Waals surface area contributed by atoms with Crippen LogP contribution in [0.15, 0.2) is 24.3 Å². The van der Waals surface area contributed by atoms with E-state index in [1.807, 2.05) is 19.1 Å². The lowest BCUT2D eigenvalue weighted by Gasteiger charge is -2.28. The molecular formula is C16H25NO2. The highest BCUT2D eigenvalue weighted by Crippen LogP contribution is 2.25. The van der Waals surface area contributed by atoms with Crippen LogP contribution in [0.2, 0.25) is 0 Å². The first-order chi connectivity index (χ1) is 9.17. The van der Waals surface area contributed by atoms with Crippen molar-refractivity contribution < 1.29 is 9.47 Å². The van der Waals surface area contributed by atoms with E-state index in [9.17, 15) is 0 Å². The van der Waals surface area contributed by atoms with Crippen LogP contribution in [0, 0.1) is 0 Å². The fourth-order valence-corrected chi connectivity index (χ4v) is 2.69. The first-order valence-corrected chi connectivity index (χ1v) is 7.21. The van der Waals surface area contributed by atoms with Gasteiger partial charge in [0.2, 0.25) is 0 Å². The molecule has 0 aromatic heterocycles. The van der Waals surface area contributed by atoms with Crippen molar-refractivity contribution in [3.63, 3.8) is 0 Å². The molecule has 3 nitrogen and oxygen atoms in total. The van der Waals surface area contributed by atoms with Gasteiger partial charge in [0, 0.05) is 19.6 Å². The molecule has 0 radical (unpaired) electrons. The first kappa shape index (κ1) is 14.4. The SMILES string of the molecule is COC1CCCC(Oc2ccc(CC(C)N)cc2)C1. The van der Waals surface area contributed by atoms with E-state index in [-0.39, 0.29) is 12.1 Å². The zero-order valence-corrected chi connectivity index (χ0v) is 12.0. The van der Waals surface area contributed by atoms with Crippen molar-refractivity contribution in [3.8, 4) is 5.75 Å². The highest BCUT2D eigenvalue weighted by atomic mass is 16.5. The van der Waals surface area contributed by atoms with E-state index in [1.54, 1.807) is 7.11 Å². The summed E-state index contributed by atoms with van der Waals surface area (Å²) in [5, 5.41) is 0. The van der Waals surface area contributed by atoms with Crippen molar-refractivity contribution in [2.75, 3.05) is 7.11 Å². The summed E-state index contributed by atoms with van der Waals surface area (Å²) in [5.74, 6) is 0.954. The lowest BCUT2D eigenvalue weighted by molar-refractivity contribution is 0.0209. The molecule has 2 rings (SSSR count). The average Bonchev–Trinajstić information content (AvgIpc) is 2.41. The van der Waals surface area contributed by atoms with Crippen LogP contribution in [0.1, 0.15) is 38.2 Å². The normalized spacial score (nSPS) is 25.0. The highest BCUT2D eigenvalue weighted by Gasteiger charge is 2.22. The Morgan fingerprint density at radius 3 is 2.53 bits per heavy atom. The Bertz CT molecular complexity index is 375. The predicted octanol–water partition coefficient (Wildman–Crippen LogP) is 2.91. The van der Waals surface area contributed by atoms with Crippen molar-refractivity contribution in [1.82, 2.24) is 0 Å². The second kappa shape index (κ2) is 6.92. The molecule has 1 saturated carbocycles. The Balaban J connectivity index is 1.88. The number of ether oxygens (including phenoxy) is 2. The molecule has 0 heterocycles. The molecule has 106 valence electrons. The smallest absolute Gasteiger partial charge is 0.119 e. The first-order valence-electron chi connectivity index (χ1n) is 7.21. The van der Waals surface area contributed by atoms with Gasteiger partial charge in [-0.2, -0.15) is 0 Å². The number of nitrogens with two attached hydrogens (primary N) is 1. The average molecular weight is 263 g/mol. The molecule has 1 aliphatic carbocycles. The van der Waals surface area contributed by atoms with Crippen LogP contribution < -0.4 is 10.5 Å². The van der Waals surface area contributed by atoms with Crippen molar-refractivity contribution in [2.45, 2.75) is 57.3 Å². The molecule has 19 heavy (non-hydrogen) atoms. The maximum atomic E-state index is 6.04. The summed E-state index contributed by atoms with van der Waals surface area (Å²) in [6, 6.07) is 8.51. The summed E-state index contributed by atoms with van der Waals surface area (Å²) in [4.78, 5) is 0. The molecule has 0 saturated heterocycles. The van der Waals surface area contributed by atoms with E-state index in [2.05, 4.69) is 12.1 Å². The molecule has 3 atom stereocenters. The van der Waals surface area contributed by atoms with E-state index in [1.165, 1.54) is 12.0 Å². The molecule has 2 N–H and O–H groups in total. The number of methoxy groups -OCH3 is 1. The predicted molar refractivity (Wildman–Crippen MR) is 77.5 cm³/mol. The van der Waals surface area contributed by atoms with Gasteiger partial charge in [0.05, 0.1) is 6.10 Å². The topological polar surface area (TPSA) is 44.5 Å². The van der Waals surface area contributed by atoms with Gasteiger partial charge in [0.25, 0.3) is 0 Å². The molecular weight excluding hydrogens is 238 g/mol. The van der Waals surface area contributed by atoms with Crippen LogP contribution in [-0.4, -0.2) is 25.4 Å². The minimum absolute atomic E-state index is 0.201. The second-order valence-corrected chi connectivity index (χ2v) is 5.59. The monoisotopic (exact) mass is 263 g/mol. The summed E-state index contributed by atoms with van der Waals surface area (Å²) in [6.45, 7) is 2.03. The molecule has 0 bridgehead atoms. The Morgan fingerprint density at radius 2 is 1.89 bits per heavy atom. The molecule has 1 aromatic rings. The maximum absolute atomic E-state index is 6.04. The van der Waals surface area contributed by atoms with Crippen LogP contribution in [0.4, 0.5) is 0 Å². The zero-order valence-electron chi connectivity index (χ0n) is 12.0. The maximum Gasteiger partial charge on any atom is 0.119 e. The van der Waals surface area contributed by atoms with Gasteiger partial charge >= 0.3 is 0 Å². The third kappa shape index (κ3) is 4.51. The summed E-state index contributed by atoms with van der Waals surface area (Å²) >= 11 is 0. The van der Waals surface area contributed by atoms with Crippen molar-refractivity contribution in [2.24, 2.45) is 5.73 Å². The standard InChI is InChI=1S/C16H25NO2/c1-12(17)10-13-6-8-14(9-7-13)19-16-5-3-4-15(11-16)18-2/h6-9,12,15-16H,3-5,10-11,17H2,1-2H3. The fraction of sp³-hybridized carbons (Fsp3) is 0.625. The van der Waals surface area contributed by atoms with Crippen LogP contribution in [-0.2, 0) is 11.2 Å². The Labute approximate surface area is 116 Å². The second-order valence-electron chi connectivity index (χ2n) is 5.59. The third-order valence-corrected chi connectivity index (χ3v) is 3.70. The van der Waals surface area contributed by atoms with Gasteiger partial charge in [0.15, 0.2) is 0 Å². The van der Waals surface area contributed by atoms with Gasteiger partial charge in [-0.1, -0.05) is 12.1 Å². The number of benzene rings is 1. The van der Waals surface area contributed by atoms with Gasteiger partial charge in [-0.25, -0.2) is 0 Å². The van der Waals surface area contributed by atoms with Gasteiger partial charge in [-0.15, -0.1) is 0 Å². The number of rotatable bonds is 5. The van der Waals surface area contributed by atoms with Gasteiger partial charge in [-0.05, 0) is 50.3 Å². The molecule has 0 aliphatic heterocycles. The summed E-state index contributed by atoms with van der Waals surface area (Å²) in [5.41, 5.74) is 7.06. The molecule has 3 unspecified atom stereocenters. The third-order valence-electron chi connectivity index (χ3n) is 3.70. The van der Waals surface area contributed by atoms with Gasteiger partial charge in [0.1, 0.15) is 11.9 Å². The quantitative estimate of drug-likeness (QED) is 0.888. The molecule has 1 aromatic carbocycles. The molecule has 1 aliphatic rings. The van der Waals surface area contributed by atoms with Gasteiger partial charge < -0.3 is 15.2 Å². The molecule has 0 amide bonds. The van der Waals surface area contributed by atoms with Crippen LogP contribution in [0.5, 0.6) is 5.75 Å². The summed E-state index contributed by atoms with van der Waals surface area (Å²) < 4.78 is 11.5. The minimum Gasteiger partial charge on any atom is -0.490 e. The molecule has 0 spiro atoms. The summed E-state index contributed by atoms with van der Waals surface area (Å²) in [6.07, 6.45) is 6.03. The molecule has 1 fully saturated rings. The zero-order chi connectivity index (χ0) is 13.7. The Morgan fingerprint density at radius 1 is 1.21 bits per heavy atom. The van der Waals surface area contributed by atoms with E-state index in [0.29, 0.717) is 6.10 Å². The van der Waals surface area contributed by atoms with Crippen LogP contribution >= 0.6 is 0 Å². The molecule has 3 heteroatoms. The number of hydrogen-bond acceptors (Lipinski definition) is 3. The van der Waals surface area contributed by atoms with E-state index in [4.69, 9.17) is 15.2 Å². The largest absolute Gasteiger partial charge is 0.490 e. The highest BCUT2D eigenvalue weighted by molar-refractivity contribution is 5.28. The summed E-state index contributed by atoms with van der Waals surface area (Å²) in [7, 11) is 1.79. The Kier molecular flexibility index (Phi) is 5.23. The van der Waals surface area contributed by atoms with E-state index in [0.717, 1.165) is 31.4 Å². The Hall–Kier alpha value is -1.06. The number of hydrogen-bond donors (Lipinski definition) is 1.